The van der Waals surface area contributed by atoms with Gasteiger partial charge in [-0.25, -0.2) is 0 Å². The Morgan fingerprint density at radius 2 is 2.47 bits per heavy atom. The molecular formula is C11H16BrN3. The molecule has 0 aliphatic carbocycles. The van der Waals surface area contributed by atoms with Gasteiger partial charge < -0.3 is 10.6 Å². The lowest BCUT2D eigenvalue weighted by Crippen LogP contribution is -2.24. The maximum atomic E-state index is 4.11. The van der Waals surface area contributed by atoms with Gasteiger partial charge in [0, 0.05) is 23.3 Å². The molecule has 1 aromatic heterocycles. The first-order valence-corrected chi connectivity index (χ1v) is 6.22. The van der Waals surface area contributed by atoms with Crippen LogP contribution in [0.15, 0.2) is 22.9 Å². The van der Waals surface area contributed by atoms with E-state index in [0.29, 0.717) is 6.04 Å². The SMILES string of the molecule is Brc1cncc(NCC[C@H]2CCCN2)c1. The van der Waals surface area contributed by atoms with Gasteiger partial charge in [0.2, 0.25) is 0 Å². The lowest BCUT2D eigenvalue weighted by atomic mass is 10.1. The largest absolute Gasteiger partial charge is 0.384 e. The Morgan fingerprint density at radius 1 is 1.53 bits per heavy atom. The Hall–Kier alpha value is -0.610. The number of rotatable bonds is 4. The molecule has 0 radical (unpaired) electrons. The minimum atomic E-state index is 0.706. The third-order valence-electron chi connectivity index (χ3n) is 2.69. The molecular weight excluding hydrogens is 254 g/mol. The molecule has 1 aromatic rings. The van der Waals surface area contributed by atoms with Crippen LogP contribution in [-0.2, 0) is 0 Å². The van der Waals surface area contributed by atoms with Crippen LogP contribution < -0.4 is 10.6 Å². The third-order valence-corrected chi connectivity index (χ3v) is 3.12. The highest BCUT2D eigenvalue weighted by atomic mass is 79.9. The summed E-state index contributed by atoms with van der Waals surface area (Å²) in [5.74, 6) is 0. The average molecular weight is 270 g/mol. The molecule has 1 aliphatic rings. The molecule has 0 amide bonds. The van der Waals surface area contributed by atoms with Crippen molar-refractivity contribution >= 4 is 21.6 Å². The highest BCUT2D eigenvalue weighted by Crippen LogP contribution is 2.14. The van der Waals surface area contributed by atoms with Gasteiger partial charge in [-0.05, 0) is 47.8 Å². The summed E-state index contributed by atoms with van der Waals surface area (Å²) >= 11 is 3.41. The van der Waals surface area contributed by atoms with Crippen LogP contribution >= 0.6 is 15.9 Å². The average Bonchev–Trinajstić information content (AvgIpc) is 2.71. The van der Waals surface area contributed by atoms with Gasteiger partial charge >= 0.3 is 0 Å². The highest BCUT2D eigenvalue weighted by molar-refractivity contribution is 9.10. The van der Waals surface area contributed by atoms with Gasteiger partial charge in [-0.3, -0.25) is 4.98 Å². The number of nitrogens with zero attached hydrogens (tertiary/aromatic N) is 1. The number of nitrogens with one attached hydrogen (secondary N) is 2. The summed E-state index contributed by atoms with van der Waals surface area (Å²) in [6.45, 7) is 2.19. The first-order chi connectivity index (χ1) is 7.34. The second-order valence-corrected chi connectivity index (χ2v) is 4.82. The van der Waals surface area contributed by atoms with Gasteiger partial charge in [-0.2, -0.15) is 0 Å². The summed E-state index contributed by atoms with van der Waals surface area (Å²) in [5, 5.41) is 6.87. The molecule has 0 spiro atoms. The molecule has 0 aromatic carbocycles. The topological polar surface area (TPSA) is 37.0 Å². The molecule has 0 unspecified atom stereocenters. The van der Waals surface area contributed by atoms with E-state index >= 15 is 0 Å². The van der Waals surface area contributed by atoms with Crippen molar-refractivity contribution in [2.75, 3.05) is 18.4 Å². The fourth-order valence-corrected chi connectivity index (χ4v) is 2.27. The van der Waals surface area contributed by atoms with Gasteiger partial charge in [0.15, 0.2) is 0 Å². The predicted molar refractivity (Wildman–Crippen MR) is 66.1 cm³/mol. The Balaban J connectivity index is 1.73. The van der Waals surface area contributed by atoms with Crippen molar-refractivity contribution in [2.24, 2.45) is 0 Å². The third kappa shape index (κ3) is 3.47. The fraction of sp³-hybridized carbons (Fsp3) is 0.545. The lowest BCUT2D eigenvalue weighted by Gasteiger charge is -2.11. The molecule has 4 heteroatoms. The van der Waals surface area contributed by atoms with Crippen LogP contribution in [0.5, 0.6) is 0 Å². The van der Waals surface area contributed by atoms with Crippen molar-refractivity contribution in [3.63, 3.8) is 0 Å². The summed E-state index contributed by atoms with van der Waals surface area (Å²) in [5.41, 5.74) is 1.09. The monoisotopic (exact) mass is 269 g/mol. The molecule has 15 heavy (non-hydrogen) atoms. The summed E-state index contributed by atoms with van der Waals surface area (Å²) in [6, 6.07) is 2.76. The molecule has 2 rings (SSSR count). The van der Waals surface area contributed by atoms with E-state index in [4.69, 9.17) is 0 Å². The standard InChI is InChI=1S/C11H16BrN3/c12-9-6-11(8-13-7-9)15-5-3-10-2-1-4-14-10/h6-8,10,14-15H,1-5H2/t10-/m1/s1. The van der Waals surface area contributed by atoms with Crippen molar-refractivity contribution in [1.82, 2.24) is 10.3 Å². The van der Waals surface area contributed by atoms with Crippen LogP contribution in [0, 0.1) is 0 Å². The summed E-state index contributed by atoms with van der Waals surface area (Å²) in [7, 11) is 0. The highest BCUT2D eigenvalue weighted by Gasteiger charge is 2.12. The molecule has 1 fully saturated rings. The number of hydrogen-bond donors (Lipinski definition) is 2. The molecule has 1 saturated heterocycles. The number of aromatic nitrogens is 1. The summed E-state index contributed by atoms with van der Waals surface area (Å²) < 4.78 is 1.02. The predicted octanol–water partition coefficient (Wildman–Crippen LogP) is 2.40. The zero-order valence-electron chi connectivity index (χ0n) is 8.67. The minimum absolute atomic E-state index is 0.706. The number of hydrogen-bond acceptors (Lipinski definition) is 3. The summed E-state index contributed by atoms with van der Waals surface area (Å²) in [4.78, 5) is 4.11. The molecule has 2 N–H and O–H groups in total. The number of halogens is 1. The molecule has 1 atom stereocenters. The first kappa shape index (κ1) is 10.9. The Bertz CT molecular complexity index is 310. The second kappa shape index (κ2) is 5.47. The van der Waals surface area contributed by atoms with Gasteiger partial charge in [0.05, 0.1) is 11.9 Å². The normalized spacial score (nSPS) is 20.5. The van der Waals surface area contributed by atoms with Crippen molar-refractivity contribution < 1.29 is 0 Å². The van der Waals surface area contributed by atoms with Crippen molar-refractivity contribution in [1.29, 1.82) is 0 Å². The smallest absolute Gasteiger partial charge is 0.0538 e. The summed E-state index contributed by atoms with van der Waals surface area (Å²) in [6.07, 6.45) is 7.48. The Morgan fingerprint density at radius 3 is 3.20 bits per heavy atom. The molecule has 1 aliphatic heterocycles. The van der Waals surface area contributed by atoms with E-state index in [0.717, 1.165) is 16.7 Å². The van der Waals surface area contributed by atoms with Crippen molar-refractivity contribution in [3.05, 3.63) is 22.9 Å². The van der Waals surface area contributed by atoms with Crippen LogP contribution in [0.2, 0.25) is 0 Å². The second-order valence-electron chi connectivity index (χ2n) is 3.90. The molecule has 82 valence electrons. The molecule has 2 heterocycles. The Kier molecular flexibility index (Phi) is 3.97. The molecule has 0 bridgehead atoms. The van der Waals surface area contributed by atoms with E-state index in [1.807, 2.05) is 6.20 Å². The minimum Gasteiger partial charge on any atom is -0.384 e. The van der Waals surface area contributed by atoms with E-state index in [2.05, 4.69) is 37.6 Å². The van der Waals surface area contributed by atoms with Gasteiger partial charge in [0.1, 0.15) is 0 Å². The molecule has 3 nitrogen and oxygen atoms in total. The van der Waals surface area contributed by atoms with Crippen molar-refractivity contribution in [3.8, 4) is 0 Å². The van der Waals surface area contributed by atoms with Crippen LogP contribution in [0.4, 0.5) is 5.69 Å². The van der Waals surface area contributed by atoms with Crippen LogP contribution in [0.25, 0.3) is 0 Å². The van der Waals surface area contributed by atoms with E-state index in [1.165, 1.54) is 25.8 Å². The van der Waals surface area contributed by atoms with Crippen LogP contribution in [0.1, 0.15) is 19.3 Å². The number of anilines is 1. The van der Waals surface area contributed by atoms with Gasteiger partial charge in [-0.15, -0.1) is 0 Å². The van der Waals surface area contributed by atoms with Gasteiger partial charge in [-0.1, -0.05) is 0 Å². The van der Waals surface area contributed by atoms with E-state index in [-0.39, 0.29) is 0 Å². The zero-order chi connectivity index (χ0) is 10.5. The van der Waals surface area contributed by atoms with E-state index in [1.54, 1.807) is 6.20 Å². The quantitative estimate of drug-likeness (QED) is 0.882. The van der Waals surface area contributed by atoms with Crippen molar-refractivity contribution in [2.45, 2.75) is 25.3 Å². The zero-order valence-corrected chi connectivity index (χ0v) is 10.3. The van der Waals surface area contributed by atoms with Crippen LogP contribution in [-0.4, -0.2) is 24.1 Å². The fourth-order valence-electron chi connectivity index (χ4n) is 1.90. The lowest BCUT2D eigenvalue weighted by molar-refractivity contribution is 0.574. The number of pyridine rings is 1. The molecule has 0 saturated carbocycles. The van der Waals surface area contributed by atoms with Gasteiger partial charge in [0.25, 0.3) is 0 Å². The first-order valence-electron chi connectivity index (χ1n) is 5.42. The van der Waals surface area contributed by atoms with E-state index in [9.17, 15) is 0 Å². The Labute approximate surface area is 98.8 Å². The van der Waals surface area contributed by atoms with E-state index < -0.39 is 0 Å². The maximum absolute atomic E-state index is 4.11. The van der Waals surface area contributed by atoms with Crippen LogP contribution in [0.3, 0.4) is 0 Å². The maximum Gasteiger partial charge on any atom is 0.0538 e.